The smallest absolute Gasteiger partial charge is 0.332 e. The molecule has 29 heavy (non-hydrogen) atoms. The van der Waals surface area contributed by atoms with Crippen LogP contribution in [0.25, 0.3) is 0 Å². The second-order valence-corrected chi connectivity index (χ2v) is 9.51. The van der Waals surface area contributed by atoms with Crippen LogP contribution in [0, 0.1) is 17.8 Å². The Kier molecular flexibility index (Phi) is 11.0. The summed E-state index contributed by atoms with van der Waals surface area (Å²) < 4.78 is 10.3. The van der Waals surface area contributed by atoms with Gasteiger partial charge in [-0.05, 0) is 70.1 Å². The van der Waals surface area contributed by atoms with Crippen molar-refractivity contribution >= 4 is 17.6 Å². The second-order valence-electron chi connectivity index (χ2n) is 8.95. The monoisotopic (exact) mass is 430 g/mol. The normalized spacial score (nSPS) is 29.6. The van der Waals surface area contributed by atoms with E-state index in [1.54, 1.807) is 13.8 Å². The number of rotatable bonds is 11. The maximum absolute atomic E-state index is 11.4. The summed E-state index contributed by atoms with van der Waals surface area (Å²) in [5.41, 5.74) is 0. The highest BCUT2D eigenvalue weighted by Crippen LogP contribution is 2.42. The van der Waals surface area contributed by atoms with Crippen molar-refractivity contribution in [2.75, 3.05) is 13.2 Å². The molecule has 2 aliphatic carbocycles. The molecular formula is C23H39ClO5. The number of hydrogen-bond acceptors (Lipinski definition) is 5. The minimum atomic E-state index is -0.392. The lowest BCUT2D eigenvalue weighted by atomic mass is 9.81. The number of ether oxygens (including phenoxy) is 2. The molecule has 0 bridgehead atoms. The molecule has 0 aromatic carbocycles. The van der Waals surface area contributed by atoms with E-state index in [4.69, 9.17) is 21.1 Å². The molecule has 5 nitrogen and oxygen atoms in total. The highest BCUT2D eigenvalue weighted by molar-refractivity contribution is 6.21. The molecule has 0 amide bonds. The van der Waals surface area contributed by atoms with E-state index in [0.717, 1.165) is 32.1 Å². The predicted octanol–water partition coefficient (Wildman–Crippen LogP) is 4.23. The number of aliphatic hydroxyl groups excluding tert-OH is 2. The third kappa shape index (κ3) is 8.56. The van der Waals surface area contributed by atoms with Gasteiger partial charge in [0.2, 0.25) is 0 Å². The van der Waals surface area contributed by atoms with E-state index in [0.29, 0.717) is 18.9 Å². The van der Waals surface area contributed by atoms with Crippen LogP contribution in [0.15, 0.2) is 12.2 Å². The zero-order valence-electron chi connectivity index (χ0n) is 18.0. The fourth-order valence-electron chi connectivity index (χ4n) is 4.81. The van der Waals surface area contributed by atoms with Gasteiger partial charge in [0.05, 0.1) is 24.9 Å². The molecule has 0 spiro atoms. The Hall–Kier alpha value is -0.620. The van der Waals surface area contributed by atoms with Crippen LogP contribution in [0.1, 0.15) is 71.6 Å². The fourth-order valence-corrected chi connectivity index (χ4v) is 5.28. The maximum Gasteiger partial charge on any atom is 0.332 e. The van der Waals surface area contributed by atoms with Gasteiger partial charge in [0, 0.05) is 5.38 Å². The Labute approximate surface area is 180 Å². The first kappa shape index (κ1) is 24.6. The molecule has 2 saturated carbocycles. The van der Waals surface area contributed by atoms with E-state index < -0.39 is 6.10 Å². The van der Waals surface area contributed by atoms with Gasteiger partial charge in [0.1, 0.15) is 6.61 Å². The molecule has 0 heterocycles. The fraction of sp³-hybridized carbons (Fsp3) is 0.870. The first-order chi connectivity index (χ1) is 13.9. The van der Waals surface area contributed by atoms with Crippen LogP contribution in [0.4, 0.5) is 0 Å². The number of carbonyl (C=O) groups is 1. The molecule has 2 rings (SSSR count). The topological polar surface area (TPSA) is 76.0 Å². The molecule has 2 fully saturated rings. The molecule has 0 radical (unpaired) electrons. The average Bonchev–Trinajstić information content (AvgIpc) is 2.95. The summed E-state index contributed by atoms with van der Waals surface area (Å²) in [7, 11) is 0. The van der Waals surface area contributed by atoms with Crippen molar-refractivity contribution in [1.29, 1.82) is 0 Å². The van der Waals surface area contributed by atoms with Gasteiger partial charge in [-0.1, -0.05) is 31.4 Å². The quantitative estimate of drug-likeness (QED) is 0.222. The van der Waals surface area contributed by atoms with E-state index in [2.05, 4.69) is 0 Å². The number of esters is 1. The Balaban J connectivity index is 1.72. The first-order valence-electron chi connectivity index (χ1n) is 11.3. The lowest BCUT2D eigenvalue weighted by Crippen LogP contribution is -2.26. The van der Waals surface area contributed by atoms with Crippen molar-refractivity contribution in [2.24, 2.45) is 17.8 Å². The van der Waals surface area contributed by atoms with E-state index in [1.807, 2.05) is 12.2 Å². The van der Waals surface area contributed by atoms with Crippen molar-refractivity contribution in [2.45, 2.75) is 95.3 Å². The minimum absolute atomic E-state index is 0.0478. The molecule has 0 saturated heterocycles. The molecule has 0 aliphatic heterocycles. The zero-order chi connectivity index (χ0) is 21.2. The van der Waals surface area contributed by atoms with Gasteiger partial charge >= 0.3 is 5.97 Å². The number of hydrogen-bond donors (Lipinski definition) is 2. The van der Waals surface area contributed by atoms with E-state index in [9.17, 15) is 15.0 Å². The molecular weight excluding hydrogens is 392 g/mol. The number of aliphatic hydroxyl groups is 2. The third-order valence-corrected chi connectivity index (χ3v) is 6.84. The highest BCUT2D eigenvalue weighted by atomic mass is 35.5. The van der Waals surface area contributed by atoms with Crippen LogP contribution in [0.5, 0.6) is 0 Å². The predicted molar refractivity (Wildman–Crippen MR) is 115 cm³/mol. The molecule has 2 N–H and O–H groups in total. The van der Waals surface area contributed by atoms with Gasteiger partial charge in [0.15, 0.2) is 0 Å². The van der Waals surface area contributed by atoms with Crippen molar-refractivity contribution in [3.8, 4) is 0 Å². The van der Waals surface area contributed by atoms with Crippen molar-refractivity contribution in [3.63, 3.8) is 0 Å². The Morgan fingerprint density at radius 3 is 2.59 bits per heavy atom. The van der Waals surface area contributed by atoms with Crippen LogP contribution in [0.3, 0.4) is 0 Å². The first-order valence-corrected chi connectivity index (χ1v) is 11.7. The Bertz CT molecular complexity index is 503. The lowest BCUT2D eigenvalue weighted by Gasteiger charge is -2.29. The van der Waals surface area contributed by atoms with Gasteiger partial charge in [-0.2, -0.15) is 0 Å². The maximum atomic E-state index is 11.4. The van der Waals surface area contributed by atoms with Crippen LogP contribution in [-0.4, -0.2) is 53.1 Å². The van der Waals surface area contributed by atoms with Gasteiger partial charge in [-0.25, -0.2) is 4.79 Å². The largest absolute Gasteiger partial charge is 0.461 e. The third-order valence-electron chi connectivity index (χ3n) is 6.34. The van der Waals surface area contributed by atoms with Crippen LogP contribution >= 0.6 is 11.6 Å². The number of allylic oxidation sites excluding steroid dienone is 1. The van der Waals surface area contributed by atoms with E-state index in [1.165, 1.54) is 19.3 Å². The van der Waals surface area contributed by atoms with Gasteiger partial charge in [-0.15, -0.1) is 11.6 Å². The highest BCUT2D eigenvalue weighted by Gasteiger charge is 2.40. The summed E-state index contributed by atoms with van der Waals surface area (Å²) in [5.74, 6) is 0.395. The summed E-state index contributed by atoms with van der Waals surface area (Å²) >= 11 is 6.51. The standard InChI is InChI=1S/C23H39ClO5/c1-16(2)29-23(27)15-28-13-7-6-10-18-19(22(26)14-20(18)24)11-12-21(25)17-8-4-3-5-9-17/h6-7,16-22,25-26H,3-5,8-15H2,1-2H3/b7-6-/t18-,19-,20?,21?,22?/m1/s1. The molecule has 5 atom stereocenters. The summed E-state index contributed by atoms with van der Waals surface area (Å²) in [5, 5.41) is 21.0. The SMILES string of the molecule is CC(C)OC(=O)COC/C=C\C[C@H]1C(Cl)CC(O)[C@@H]1CCC(O)C1CCCCC1. The van der Waals surface area contributed by atoms with Crippen molar-refractivity contribution in [3.05, 3.63) is 12.2 Å². The number of carbonyl (C=O) groups excluding carboxylic acids is 1. The number of halogens is 1. The molecule has 6 heteroatoms. The molecule has 2 aliphatic rings. The average molecular weight is 431 g/mol. The van der Waals surface area contributed by atoms with Gasteiger partial charge in [0.25, 0.3) is 0 Å². The van der Waals surface area contributed by atoms with E-state index in [-0.39, 0.29) is 42.0 Å². The van der Waals surface area contributed by atoms with Crippen molar-refractivity contribution < 1.29 is 24.5 Å². The number of alkyl halides is 1. The Morgan fingerprint density at radius 2 is 1.90 bits per heavy atom. The van der Waals surface area contributed by atoms with Gasteiger partial charge in [-0.3, -0.25) is 0 Å². The van der Waals surface area contributed by atoms with Gasteiger partial charge < -0.3 is 19.7 Å². The summed E-state index contributed by atoms with van der Waals surface area (Å²) in [6.07, 6.45) is 12.1. The minimum Gasteiger partial charge on any atom is -0.461 e. The van der Waals surface area contributed by atoms with Crippen molar-refractivity contribution in [1.82, 2.24) is 0 Å². The molecule has 3 unspecified atom stereocenters. The van der Waals surface area contributed by atoms with Crippen LogP contribution in [0.2, 0.25) is 0 Å². The molecule has 0 aromatic rings. The summed E-state index contributed by atoms with van der Waals surface area (Å²) in [6.45, 7) is 3.91. The van der Waals surface area contributed by atoms with Crippen LogP contribution < -0.4 is 0 Å². The van der Waals surface area contributed by atoms with E-state index >= 15 is 0 Å². The Morgan fingerprint density at radius 1 is 1.17 bits per heavy atom. The lowest BCUT2D eigenvalue weighted by molar-refractivity contribution is -0.152. The zero-order valence-corrected chi connectivity index (χ0v) is 18.7. The second kappa shape index (κ2) is 12.9. The molecule has 168 valence electrons. The summed E-state index contributed by atoms with van der Waals surface area (Å²) in [4.78, 5) is 11.4. The van der Waals surface area contributed by atoms with Crippen LogP contribution in [-0.2, 0) is 14.3 Å². The summed E-state index contributed by atoms with van der Waals surface area (Å²) in [6, 6.07) is 0. The molecule has 0 aromatic heterocycles.